The predicted octanol–water partition coefficient (Wildman–Crippen LogP) is -1.65. The van der Waals surface area contributed by atoms with Crippen molar-refractivity contribution in [1.29, 1.82) is 0 Å². The second-order valence-electron chi connectivity index (χ2n) is 4.81. The summed E-state index contributed by atoms with van der Waals surface area (Å²) in [4.78, 5) is 4.32. The van der Waals surface area contributed by atoms with Gasteiger partial charge in [-0.1, -0.05) is 13.0 Å². The van der Waals surface area contributed by atoms with Gasteiger partial charge < -0.3 is 32.1 Å². The Balaban J connectivity index is 0.000000433. The molecule has 1 aromatic rings. The van der Waals surface area contributed by atoms with Crippen molar-refractivity contribution in [2.45, 2.75) is 25.4 Å². The average molecular weight is 300 g/mol. The minimum Gasteiger partial charge on any atom is -0.394 e. The Morgan fingerprint density at radius 1 is 1.19 bits per heavy atom. The highest BCUT2D eigenvalue weighted by atomic mass is 16.3. The van der Waals surface area contributed by atoms with E-state index in [9.17, 15) is 0 Å². The molecule has 1 rings (SSSR count). The van der Waals surface area contributed by atoms with Crippen molar-refractivity contribution in [2.24, 2.45) is 11.5 Å². The molecule has 7 heteroatoms. The van der Waals surface area contributed by atoms with Gasteiger partial charge in [0.05, 0.1) is 31.1 Å². The highest BCUT2D eigenvalue weighted by Crippen LogP contribution is 2.00. The fourth-order valence-corrected chi connectivity index (χ4v) is 1.24. The largest absolute Gasteiger partial charge is 0.394 e. The third kappa shape index (κ3) is 8.71. The zero-order valence-corrected chi connectivity index (χ0v) is 12.6. The number of hydrogen-bond donors (Lipinski definition) is 6. The first-order valence-corrected chi connectivity index (χ1v) is 7.01. The van der Waals surface area contributed by atoms with Crippen molar-refractivity contribution in [2.75, 3.05) is 32.9 Å². The number of aromatic nitrogens is 1. The molecule has 21 heavy (non-hydrogen) atoms. The Labute approximate surface area is 126 Å². The van der Waals surface area contributed by atoms with Gasteiger partial charge in [0.25, 0.3) is 0 Å². The van der Waals surface area contributed by atoms with Crippen LogP contribution in [0.2, 0.25) is 0 Å². The van der Waals surface area contributed by atoms with Crippen molar-refractivity contribution >= 4 is 0 Å². The Hall–Kier alpha value is -1.09. The molecule has 122 valence electrons. The average Bonchev–Trinajstić information content (AvgIpc) is 2.55. The van der Waals surface area contributed by atoms with Crippen molar-refractivity contribution in [3.05, 3.63) is 29.6 Å². The molecule has 0 amide bonds. The van der Waals surface area contributed by atoms with E-state index >= 15 is 0 Å². The summed E-state index contributed by atoms with van der Waals surface area (Å²) in [6.07, 6.45) is 2.98. The molecule has 0 aromatic carbocycles. The number of pyridine rings is 1. The molecule has 1 heterocycles. The van der Waals surface area contributed by atoms with Crippen molar-refractivity contribution in [3.63, 3.8) is 0 Å². The van der Waals surface area contributed by atoms with Gasteiger partial charge in [0.15, 0.2) is 0 Å². The Bertz CT molecular complexity index is 347. The number of aliphatic hydroxyl groups is 3. The molecule has 0 spiro atoms. The highest BCUT2D eigenvalue weighted by molar-refractivity contribution is 5.13. The molecule has 0 radical (unpaired) electrons. The molecule has 8 N–H and O–H groups in total. The summed E-state index contributed by atoms with van der Waals surface area (Å²) in [5, 5.41) is 28.2. The van der Waals surface area contributed by atoms with Gasteiger partial charge in [-0.15, -0.1) is 0 Å². The van der Waals surface area contributed by atoms with Crippen LogP contribution in [0.1, 0.15) is 18.2 Å². The van der Waals surface area contributed by atoms with Gasteiger partial charge in [-0.3, -0.25) is 4.98 Å². The molecule has 0 fully saturated rings. The fraction of sp³-hybridized carbons (Fsp3) is 0.643. The number of aryl methyl sites for hydroxylation is 1. The molecule has 0 unspecified atom stereocenters. The molecule has 0 bridgehead atoms. The summed E-state index contributed by atoms with van der Waals surface area (Å²) in [7, 11) is 0. The van der Waals surface area contributed by atoms with E-state index in [0.29, 0.717) is 6.54 Å². The first-order valence-electron chi connectivity index (χ1n) is 7.01. The summed E-state index contributed by atoms with van der Waals surface area (Å²) >= 11 is 0. The van der Waals surface area contributed by atoms with Crippen LogP contribution in [0.15, 0.2) is 18.3 Å². The van der Waals surface area contributed by atoms with Gasteiger partial charge in [0, 0.05) is 25.8 Å². The second-order valence-corrected chi connectivity index (χ2v) is 4.81. The maximum absolute atomic E-state index is 8.34. The molecule has 0 aliphatic carbocycles. The van der Waals surface area contributed by atoms with Crippen LogP contribution >= 0.6 is 0 Å². The zero-order chi connectivity index (χ0) is 16.1. The first-order chi connectivity index (χ1) is 10.0. The molecule has 7 nitrogen and oxygen atoms in total. The topological polar surface area (TPSA) is 138 Å². The normalized spacial score (nSPS) is 11.0. The van der Waals surface area contributed by atoms with Crippen LogP contribution in [-0.2, 0) is 13.0 Å². The third-order valence-corrected chi connectivity index (χ3v) is 2.87. The molecule has 0 saturated heterocycles. The summed E-state index contributed by atoms with van der Waals surface area (Å²) in [6.45, 7) is 3.24. The monoisotopic (exact) mass is 300 g/mol. The summed E-state index contributed by atoms with van der Waals surface area (Å²) < 4.78 is 0. The standard InChI is InChI=1S/C10H17N3.C4H11NO3/c1-2-9-3-4-10(13-7-9)8-12-6-5-11;5-4(1-6,2-7)3-8/h3-4,7,12H,2,5-6,8,11H2,1H3;6-8H,1-3,5H2. The van der Waals surface area contributed by atoms with Gasteiger partial charge in [0.1, 0.15) is 0 Å². The van der Waals surface area contributed by atoms with Gasteiger partial charge in [-0.2, -0.15) is 0 Å². The SMILES string of the molecule is CCc1ccc(CNCCN)nc1.NC(CO)(CO)CO. The van der Waals surface area contributed by atoms with Crippen molar-refractivity contribution < 1.29 is 15.3 Å². The lowest BCUT2D eigenvalue weighted by atomic mass is 10.1. The number of rotatable bonds is 8. The lowest BCUT2D eigenvalue weighted by Crippen LogP contribution is -2.50. The lowest BCUT2D eigenvalue weighted by molar-refractivity contribution is 0.0698. The molecule has 1 aromatic heterocycles. The molecule has 0 aliphatic heterocycles. The fourth-order valence-electron chi connectivity index (χ4n) is 1.24. The van der Waals surface area contributed by atoms with E-state index in [0.717, 1.165) is 25.2 Å². The van der Waals surface area contributed by atoms with E-state index in [1.165, 1.54) is 5.56 Å². The van der Waals surface area contributed by atoms with Gasteiger partial charge in [-0.05, 0) is 18.1 Å². The quantitative estimate of drug-likeness (QED) is 0.316. The van der Waals surface area contributed by atoms with E-state index in [1.807, 2.05) is 6.20 Å². The smallest absolute Gasteiger partial charge is 0.0856 e. The number of nitrogens with one attached hydrogen (secondary N) is 1. The van der Waals surface area contributed by atoms with E-state index in [4.69, 9.17) is 26.8 Å². The van der Waals surface area contributed by atoms with Crippen LogP contribution in [0.5, 0.6) is 0 Å². The number of aliphatic hydroxyl groups excluding tert-OH is 3. The molecular formula is C14H28N4O3. The minimum atomic E-state index is -1.21. The zero-order valence-electron chi connectivity index (χ0n) is 12.6. The molecule has 0 aliphatic rings. The molecular weight excluding hydrogens is 272 g/mol. The van der Waals surface area contributed by atoms with E-state index in [1.54, 1.807) is 0 Å². The Kier molecular flexibility index (Phi) is 11.0. The van der Waals surface area contributed by atoms with Gasteiger partial charge >= 0.3 is 0 Å². The van der Waals surface area contributed by atoms with Crippen LogP contribution in [0.4, 0.5) is 0 Å². The van der Waals surface area contributed by atoms with Gasteiger partial charge in [-0.25, -0.2) is 0 Å². The van der Waals surface area contributed by atoms with Crippen LogP contribution in [0.25, 0.3) is 0 Å². The Morgan fingerprint density at radius 3 is 2.14 bits per heavy atom. The van der Waals surface area contributed by atoms with E-state index in [-0.39, 0.29) is 0 Å². The Morgan fingerprint density at radius 2 is 1.81 bits per heavy atom. The summed E-state index contributed by atoms with van der Waals surface area (Å²) in [5.74, 6) is 0. The summed E-state index contributed by atoms with van der Waals surface area (Å²) in [5.41, 5.74) is 11.6. The lowest BCUT2D eigenvalue weighted by Gasteiger charge is -2.20. The molecule has 0 saturated carbocycles. The van der Waals surface area contributed by atoms with Crippen LogP contribution in [0, 0.1) is 0 Å². The van der Waals surface area contributed by atoms with Crippen LogP contribution in [-0.4, -0.2) is 58.8 Å². The minimum absolute atomic E-state index is 0.403. The summed E-state index contributed by atoms with van der Waals surface area (Å²) in [6, 6.07) is 4.18. The molecule has 0 atom stereocenters. The van der Waals surface area contributed by atoms with Crippen molar-refractivity contribution in [3.8, 4) is 0 Å². The number of hydrogen-bond acceptors (Lipinski definition) is 7. The van der Waals surface area contributed by atoms with Crippen molar-refractivity contribution in [1.82, 2.24) is 10.3 Å². The number of nitrogens with two attached hydrogens (primary N) is 2. The van der Waals surface area contributed by atoms with E-state index < -0.39 is 25.4 Å². The highest BCUT2D eigenvalue weighted by Gasteiger charge is 2.20. The van der Waals surface area contributed by atoms with E-state index in [2.05, 4.69) is 29.4 Å². The maximum Gasteiger partial charge on any atom is 0.0856 e. The maximum atomic E-state index is 8.34. The third-order valence-electron chi connectivity index (χ3n) is 2.87. The second kappa shape index (κ2) is 11.6. The van der Waals surface area contributed by atoms with Crippen LogP contribution < -0.4 is 16.8 Å². The first kappa shape index (κ1) is 19.9. The van der Waals surface area contributed by atoms with Crippen LogP contribution in [0.3, 0.4) is 0 Å². The van der Waals surface area contributed by atoms with Gasteiger partial charge in [0.2, 0.25) is 0 Å². The predicted molar refractivity (Wildman–Crippen MR) is 82.6 cm³/mol. The number of nitrogens with zero attached hydrogens (tertiary/aromatic N) is 1.